The molecule has 0 bridgehead atoms. The summed E-state index contributed by atoms with van der Waals surface area (Å²) >= 11 is 6.39. The molecule has 1 aromatic heterocycles. The second kappa shape index (κ2) is 12.3. The van der Waals surface area contributed by atoms with Crippen LogP contribution >= 0.6 is 11.6 Å². The average Bonchev–Trinajstić information content (AvgIpc) is 2.91. The Bertz CT molecular complexity index is 1130. The van der Waals surface area contributed by atoms with Crippen LogP contribution in [0.15, 0.2) is 48.7 Å². The molecule has 2 heterocycles. The Balaban J connectivity index is 1.29. The highest BCUT2D eigenvalue weighted by Gasteiger charge is 2.35. The molecule has 0 spiro atoms. The average molecular weight is 517 g/mol. The molecule has 4 nitrogen and oxygen atoms in total. The minimum Gasteiger partial charge on any atom is -0.497 e. The molecule has 1 saturated heterocycles. The van der Waals surface area contributed by atoms with Crippen LogP contribution in [0.2, 0.25) is 5.02 Å². The van der Waals surface area contributed by atoms with E-state index in [1.54, 1.807) is 19.2 Å². The van der Waals surface area contributed by atoms with Gasteiger partial charge in [-0.25, -0.2) is 8.78 Å². The molecule has 1 N–H and O–H groups in total. The zero-order valence-corrected chi connectivity index (χ0v) is 21.6. The molecule has 1 unspecified atom stereocenters. The quantitative estimate of drug-likeness (QED) is 0.281. The van der Waals surface area contributed by atoms with E-state index in [-0.39, 0.29) is 17.8 Å². The first-order chi connectivity index (χ1) is 17.4. The van der Waals surface area contributed by atoms with Crippen LogP contribution in [-0.2, 0) is 6.42 Å². The van der Waals surface area contributed by atoms with Crippen molar-refractivity contribution in [2.24, 2.45) is 5.41 Å². The highest BCUT2D eigenvalue weighted by Crippen LogP contribution is 2.41. The number of aromatic nitrogens is 1. The van der Waals surface area contributed by atoms with Crippen molar-refractivity contribution in [3.8, 4) is 5.75 Å². The molecule has 0 radical (unpaired) electrons. The first-order valence-corrected chi connectivity index (χ1v) is 13.1. The summed E-state index contributed by atoms with van der Waals surface area (Å²) in [5, 5.41) is 11.2. The predicted octanol–water partition coefficient (Wildman–Crippen LogP) is 6.92. The number of alkyl halides is 1. The van der Waals surface area contributed by atoms with E-state index in [1.165, 1.54) is 18.3 Å². The molecule has 1 aliphatic rings. The molecule has 194 valence electrons. The van der Waals surface area contributed by atoms with Crippen molar-refractivity contribution >= 4 is 22.5 Å². The number of nitrogens with zero attached hydrogens (tertiary/aromatic N) is 2. The topological polar surface area (TPSA) is 45.6 Å². The molecule has 0 amide bonds. The summed E-state index contributed by atoms with van der Waals surface area (Å²) in [6.07, 6.45) is 5.96. The highest BCUT2D eigenvalue weighted by atomic mass is 35.5. The van der Waals surface area contributed by atoms with E-state index in [0.717, 1.165) is 57.3 Å². The number of rotatable bonds is 11. The van der Waals surface area contributed by atoms with Crippen LogP contribution < -0.4 is 4.74 Å². The molecule has 1 aliphatic heterocycles. The zero-order valence-electron chi connectivity index (χ0n) is 20.9. The van der Waals surface area contributed by atoms with E-state index in [9.17, 15) is 9.50 Å². The first-order valence-electron chi connectivity index (χ1n) is 12.8. The molecule has 3 aromatic rings. The van der Waals surface area contributed by atoms with Crippen LogP contribution in [0.25, 0.3) is 10.9 Å². The van der Waals surface area contributed by atoms with Gasteiger partial charge in [0.05, 0.1) is 17.6 Å². The van der Waals surface area contributed by atoms with Crippen LogP contribution in [0.1, 0.15) is 55.8 Å². The number of halogens is 3. The van der Waals surface area contributed by atoms with Crippen molar-refractivity contribution in [3.05, 3.63) is 70.6 Å². The van der Waals surface area contributed by atoms with E-state index in [1.807, 2.05) is 18.2 Å². The highest BCUT2D eigenvalue weighted by molar-refractivity contribution is 6.32. The number of piperidine rings is 1. The van der Waals surface area contributed by atoms with E-state index >= 15 is 4.39 Å². The van der Waals surface area contributed by atoms with Crippen LogP contribution in [0.4, 0.5) is 8.78 Å². The minimum absolute atomic E-state index is 0.0662. The maximum Gasteiger partial charge on any atom is 0.127 e. The monoisotopic (exact) mass is 516 g/mol. The van der Waals surface area contributed by atoms with Crippen molar-refractivity contribution < 1.29 is 18.6 Å². The smallest absolute Gasteiger partial charge is 0.127 e. The van der Waals surface area contributed by atoms with E-state index in [0.29, 0.717) is 40.1 Å². The van der Waals surface area contributed by atoms with E-state index in [2.05, 4.69) is 9.88 Å². The Morgan fingerprint density at radius 1 is 1.14 bits per heavy atom. The molecule has 0 saturated carbocycles. The second-order valence-corrected chi connectivity index (χ2v) is 10.4. The molecule has 4 rings (SSSR count). The van der Waals surface area contributed by atoms with Gasteiger partial charge in [0.2, 0.25) is 0 Å². The number of hydrogen-bond donors (Lipinski definition) is 1. The van der Waals surface area contributed by atoms with E-state index < -0.39 is 6.17 Å². The molecule has 36 heavy (non-hydrogen) atoms. The third kappa shape index (κ3) is 6.53. The number of unbranched alkanes of at least 4 members (excludes halogenated alkanes) is 1. The standard InChI is InChI=1S/C29H35ClF2N2O2/c1-36-23-9-10-27-24(18-23)28(25(30)19-33-27)26(32)11-12-29(20-35)13-16-34(17-14-29)15-3-2-4-21-5-7-22(31)8-6-21/h5-10,18-19,26,35H,2-4,11-17,20H2,1H3. The normalized spacial score (nSPS) is 16.8. The summed E-state index contributed by atoms with van der Waals surface area (Å²) < 4.78 is 34.0. The van der Waals surface area contributed by atoms with Crippen LogP contribution in [0.5, 0.6) is 5.75 Å². The van der Waals surface area contributed by atoms with Gasteiger partial charge < -0.3 is 14.7 Å². The van der Waals surface area contributed by atoms with Crippen LogP contribution in [-0.4, -0.2) is 48.3 Å². The van der Waals surface area contributed by atoms with Gasteiger partial charge in [0.1, 0.15) is 17.7 Å². The van der Waals surface area contributed by atoms with E-state index in [4.69, 9.17) is 16.3 Å². The molecular formula is C29H35ClF2N2O2. The van der Waals surface area contributed by atoms with Gasteiger partial charge in [0, 0.05) is 23.8 Å². The number of fused-ring (bicyclic) bond motifs is 1. The van der Waals surface area contributed by atoms with Crippen molar-refractivity contribution in [3.63, 3.8) is 0 Å². The lowest BCUT2D eigenvalue weighted by Crippen LogP contribution is -2.42. The third-order valence-corrected chi connectivity index (χ3v) is 7.97. The van der Waals surface area contributed by atoms with Crippen molar-refractivity contribution in [1.29, 1.82) is 0 Å². The number of pyridine rings is 1. The van der Waals surface area contributed by atoms with Crippen molar-refractivity contribution in [2.45, 2.75) is 51.1 Å². The molecule has 0 aliphatic carbocycles. The Hall–Kier alpha value is -2.28. The SMILES string of the molecule is COc1ccc2ncc(Cl)c(C(F)CCC3(CO)CCN(CCCCc4ccc(F)cc4)CC3)c2c1. The number of ether oxygens (including phenoxy) is 1. The Labute approximate surface area is 217 Å². The summed E-state index contributed by atoms with van der Waals surface area (Å²) in [5.41, 5.74) is 2.03. The Morgan fingerprint density at radius 3 is 2.58 bits per heavy atom. The number of aliphatic hydroxyl groups excluding tert-OH is 1. The third-order valence-electron chi connectivity index (χ3n) is 7.66. The number of aliphatic hydroxyl groups is 1. The van der Waals surface area contributed by atoms with Gasteiger partial charge in [-0.1, -0.05) is 23.7 Å². The summed E-state index contributed by atoms with van der Waals surface area (Å²) in [6.45, 7) is 2.89. The summed E-state index contributed by atoms with van der Waals surface area (Å²) in [4.78, 5) is 6.76. The van der Waals surface area contributed by atoms with Crippen molar-refractivity contribution in [2.75, 3.05) is 33.4 Å². The van der Waals surface area contributed by atoms with Gasteiger partial charge >= 0.3 is 0 Å². The molecular weight excluding hydrogens is 482 g/mol. The van der Waals surface area contributed by atoms with Gasteiger partial charge in [-0.05, 0) is 106 Å². The molecule has 7 heteroatoms. The predicted molar refractivity (Wildman–Crippen MR) is 141 cm³/mol. The van der Waals surface area contributed by atoms with Gasteiger partial charge in [0.15, 0.2) is 0 Å². The van der Waals surface area contributed by atoms with Gasteiger partial charge in [-0.15, -0.1) is 0 Å². The summed E-state index contributed by atoms with van der Waals surface area (Å²) in [6, 6.07) is 12.1. The molecule has 1 atom stereocenters. The van der Waals surface area contributed by atoms with Gasteiger partial charge in [-0.2, -0.15) is 0 Å². The number of likely N-dealkylation sites (tertiary alicyclic amines) is 1. The summed E-state index contributed by atoms with van der Waals surface area (Å²) in [7, 11) is 1.58. The van der Waals surface area contributed by atoms with Crippen LogP contribution in [0.3, 0.4) is 0 Å². The fourth-order valence-corrected chi connectivity index (χ4v) is 5.51. The second-order valence-electron chi connectivity index (χ2n) is 9.99. The Morgan fingerprint density at radius 2 is 1.89 bits per heavy atom. The molecule has 2 aromatic carbocycles. The van der Waals surface area contributed by atoms with Crippen molar-refractivity contribution in [1.82, 2.24) is 9.88 Å². The number of methoxy groups -OCH3 is 1. The number of hydrogen-bond acceptors (Lipinski definition) is 4. The number of benzene rings is 2. The van der Waals surface area contributed by atoms with Gasteiger partial charge in [-0.3, -0.25) is 4.98 Å². The first kappa shape index (κ1) is 26.8. The molecule has 1 fully saturated rings. The lowest BCUT2D eigenvalue weighted by atomic mass is 9.74. The summed E-state index contributed by atoms with van der Waals surface area (Å²) in [5.74, 6) is 0.438. The van der Waals surface area contributed by atoms with Crippen LogP contribution in [0, 0.1) is 11.2 Å². The maximum atomic E-state index is 15.6. The number of aryl methyl sites for hydroxylation is 1. The maximum absolute atomic E-state index is 15.6. The van der Waals surface area contributed by atoms with Gasteiger partial charge in [0.25, 0.3) is 0 Å². The minimum atomic E-state index is -1.25. The Kier molecular flexibility index (Phi) is 9.15. The lowest BCUT2D eigenvalue weighted by molar-refractivity contribution is 0.0298. The fourth-order valence-electron chi connectivity index (χ4n) is 5.24. The largest absolute Gasteiger partial charge is 0.497 e. The zero-order chi connectivity index (χ0) is 25.5. The lowest BCUT2D eigenvalue weighted by Gasteiger charge is -2.41. The fraction of sp³-hybridized carbons (Fsp3) is 0.483.